The number of carbonyl (C=O) groups excluding carboxylic acids is 1. The Morgan fingerprint density at radius 3 is 3.06 bits per heavy atom. The van der Waals surface area contributed by atoms with Gasteiger partial charge in [0.25, 0.3) is 5.91 Å². The summed E-state index contributed by atoms with van der Waals surface area (Å²) in [5.74, 6) is -0.388. The van der Waals surface area contributed by atoms with Gasteiger partial charge in [0.15, 0.2) is 5.69 Å². The molecular formula is C11H16N6O. The van der Waals surface area contributed by atoms with Gasteiger partial charge in [-0.05, 0) is 6.92 Å². The van der Waals surface area contributed by atoms with Crippen LogP contribution < -0.4 is 5.32 Å². The molecule has 2 rings (SSSR count). The predicted octanol–water partition coefficient (Wildman–Crippen LogP) is -0.346. The maximum atomic E-state index is 12.0. The molecule has 96 valence electrons. The van der Waals surface area contributed by atoms with Crippen molar-refractivity contribution < 1.29 is 4.79 Å². The van der Waals surface area contributed by atoms with Crippen LogP contribution >= 0.6 is 0 Å². The highest BCUT2D eigenvalue weighted by Crippen LogP contribution is 2.11. The summed E-state index contributed by atoms with van der Waals surface area (Å²) >= 11 is 0. The number of rotatable bonds is 4. The summed E-state index contributed by atoms with van der Waals surface area (Å²) in [4.78, 5) is 13.5. The van der Waals surface area contributed by atoms with Crippen molar-refractivity contribution in [2.45, 2.75) is 13.0 Å². The van der Waals surface area contributed by atoms with Crippen LogP contribution in [-0.4, -0.2) is 52.5 Å². The summed E-state index contributed by atoms with van der Waals surface area (Å²) in [6.07, 6.45) is 1.67. The number of hydrogen-bond donors (Lipinski definition) is 1. The summed E-state index contributed by atoms with van der Waals surface area (Å²) in [5.41, 5.74) is 0.328. The Balaban J connectivity index is 2.00. The van der Waals surface area contributed by atoms with Gasteiger partial charge in [-0.2, -0.15) is 5.26 Å². The number of nitrogens with zero attached hydrogens (tertiary/aromatic N) is 5. The summed E-state index contributed by atoms with van der Waals surface area (Å²) in [6, 6.07) is 2.39. The summed E-state index contributed by atoms with van der Waals surface area (Å²) in [6.45, 7) is 3.89. The second-order valence-corrected chi connectivity index (χ2v) is 4.61. The second kappa shape index (κ2) is 5.14. The van der Waals surface area contributed by atoms with Crippen molar-refractivity contribution in [2.24, 2.45) is 5.92 Å². The molecule has 1 aromatic heterocycles. The van der Waals surface area contributed by atoms with E-state index in [2.05, 4.69) is 21.7 Å². The van der Waals surface area contributed by atoms with Gasteiger partial charge in [0.05, 0.1) is 24.2 Å². The van der Waals surface area contributed by atoms with E-state index < -0.39 is 0 Å². The zero-order valence-corrected chi connectivity index (χ0v) is 10.5. The lowest BCUT2D eigenvalue weighted by molar-refractivity contribution is 0.0779. The average molecular weight is 248 g/mol. The number of aromatic nitrogens is 3. The van der Waals surface area contributed by atoms with Gasteiger partial charge >= 0.3 is 0 Å². The normalized spacial score (nSPS) is 16.7. The molecule has 0 aliphatic carbocycles. The minimum absolute atomic E-state index is 0.190. The van der Waals surface area contributed by atoms with Crippen LogP contribution in [0.3, 0.4) is 0 Å². The summed E-state index contributed by atoms with van der Waals surface area (Å²) < 4.78 is 1.71. The third-order valence-electron chi connectivity index (χ3n) is 2.98. The molecule has 1 N–H and O–H groups in total. The van der Waals surface area contributed by atoms with E-state index in [9.17, 15) is 4.79 Å². The molecule has 1 aliphatic rings. The first-order valence-electron chi connectivity index (χ1n) is 5.89. The van der Waals surface area contributed by atoms with Crippen molar-refractivity contribution in [3.05, 3.63) is 11.9 Å². The minimum Gasteiger partial charge on any atom is -0.339 e. The minimum atomic E-state index is -0.198. The SMILES string of the molecule is CC(C#N)CN(C)C(=O)c1cn(C2CNC2)nn1. The maximum absolute atomic E-state index is 12.0. The Morgan fingerprint density at radius 2 is 2.50 bits per heavy atom. The molecule has 1 atom stereocenters. The van der Waals surface area contributed by atoms with Crippen LogP contribution in [-0.2, 0) is 0 Å². The first-order valence-corrected chi connectivity index (χ1v) is 5.89. The molecule has 1 unspecified atom stereocenters. The summed E-state index contributed by atoms with van der Waals surface area (Å²) in [5, 5.41) is 19.7. The van der Waals surface area contributed by atoms with Crippen molar-refractivity contribution in [1.82, 2.24) is 25.2 Å². The highest BCUT2D eigenvalue weighted by atomic mass is 16.2. The molecule has 7 heteroatoms. The first kappa shape index (κ1) is 12.5. The smallest absolute Gasteiger partial charge is 0.275 e. The highest BCUT2D eigenvalue weighted by Gasteiger charge is 2.23. The fourth-order valence-corrected chi connectivity index (χ4v) is 1.74. The first-order chi connectivity index (χ1) is 8.61. The van der Waals surface area contributed by atoms with Gasteiger partial charge in [-0.3, -0.25) is 4.79 Å². The number of nitriles is 1. The van der Waals surface area contributed by atoms with E-state index in [1.807, 2.05) is 0 Å². The van der Waals surface area contributed by atoms with Crippen LogP contribution in [0, 0.1) is 17.2 Å². The molecule has 1 fully saturated rings. The molecule has 0 spiro atoms. The number of amides is 1. The Morgan fingerprint density at radius 1 is 1.78 bits per heavy atom. The van der Waals surface area contributed by atoms with E-state index in [1.54, 1.807) is 24.9 Å². The van der Waals surface area contributed by atoms with Gasteiger partial charge < -0.3 is 10.2 Å². The van der Waals surface area contributed by atoms with Crippen molar-refractivity contribution >= 4 is 5.91 Å². The van der Waals surface area contributed by atoms with Gasteiger partial charge in [-0.1, -0.05) is 5.21 Å². The molecule has 0 aromatic carbocycles. The van der Waals surface area contributed by atoms with Gasteiger partial charge in [0, 0.05) is 26.7 Å². The molecule has 7 nitrogen and oxygen atoms in total. The third kappa shape index (κ3) is 2.49. The lowest BCUT2D eigenvalue weighted by Crippen LogP contribution is -2.43. The van der Waals surface area contributed by atoms with Crippen LogP contribution in [0.4, 0.5) is 0 Å². The van der Waals surface area contributed by atoms with E-state index in [-0.39, 0.29) is 11.8 Å². The van der Waals surface area contributed by atoms with Crippen LogP contribution in [0.5, 0.6) is 0 Å². The van der Waals surface area contributed by atoms with Crippen molar-refractivity contribution in [1.29, 1.82) is 5.26 Å². The maximum Gasteiger partial charge on any atom is 0.275 e. The molecular weight excluding hydrogens is 232 g/mol. The Labute approximate surface area is 105 Å². The van der Waals surface area contributed by atoms with E-state index in [4.69, 9.17) is 5.26 Å². The lowest BCUT2D eigenvalue weighted by Gasteiger charge is -2.26. The average Bonchev–Trinajstić information content (AvgIpc) is 2.74. The molecule has 1 amide bonds. The predicted molar refractivity (Wildman–Crippen MR) is 63.7 cm³/mol. The molecule has 2 heterocycles. The van der Waals surface area contributed by atoms with Gasteiger partial charge in [-0.15, -0.1) is 5.10 Å². The quantitative estimate of drug-likeness (QED) is 0.787. The van der Waals surface area contributed by atoms with E-state index in [0.29, 0.717) is 18.3 Å². The third-order valence-corrected chi connectivity index (χ3v) is 2.98. The van der Waals surface area contributed by atoms with Crippen molar-refractivity contribution in [2.75, 3.05) is 26.7 Å². The molecule has 0 bridgehead atoms. The van der Waals surface area contributed by atoms with E-state index >= 15 is 0 Å². The molecule has 1 aromatic rings. The Bertz CT molecular complexity index is 472. The van der Waals surface area contributed by atoms with Crippen LogP contribution in [0.15, 0.2) is 6.20 Å². The van der Waals surface area contributed by atoms with Crippen molar-refractivity contribution in [3.8, 4) is 6.07 Å². The molecule has 18 heavy (non-hydrogen) atoms. The van der Waals surface area contributed by atoms with Crippen LogP contribution in [0.2, 0.25) is 0 Å². The highest BCUT2D eigenvalue weighted by molar-refractivity contribution is 5.91. The fourth-order valence-electron chi connectivity index (χ4n) is 1.74. The Hall–Kier alpha value is -1.94. The molecule has 1 aliphatic heterocycles. The van der Waals surface area contributed by atoms with E-state index in [0.717, 1.165) is 13.1 Å². The zero-order chi connectivity index (χ0) is 13.1. The Kier molecular flexibility index (Phi) is 3.58. The molecule has 0 saturated carbocycles. The standard InChI is InChI=1S/C11H16N6O/c1-8(3-12)6-16(2)11(18)10-7-17(15-14-10)9-4-13-5-9/h7-9,13H,4-6H2,1-2H3. The topological polar surface area (TPSA) is 86.8 Å². The van der Waals surface area contributed by atoms with Crippen LogP contribution in [0.1, 0.15) is 23.5 Å². The zero-order valence-electron chi connectivity index (χ0n) is 10.5. The monoisotopic (exact) mass is 248 g/mol. The van der Waals surface area contributed by atoms with Gasteiger partial charge in [-0.25, -0.2) is 4.68 Å². The van der Waals surface area contributed by atoms with Crippen LogP contribution in [0.25, 0.3) is 0 Å². The van der Waals surface area contributed by atoms with E-state index in [1.165, 1.54) is 4.90 Å². The fraction of sp³-hybridized carbons (Fsp3) is 0.636. The molecule has 0 radical (unpaired) electrons. The largest absolute Gasteiger partial charge is 0.339 e. The number of carbonyl (C=O) groups is 1. The van der Waals surface area contributed by atoms with Gasteiger partial charge in [0.1, 0.15) is 0 Å². The second-order valence-electron chi connectivity index (χ2n) is 4.61. The van der Waals surface area contributed by atoms with Gasteiger partial charge in [0.2, 0.25) is 0 Å². The van der Waals surface area contributed by atoms with Crippen molar-refractivity contribution in [3.63, 3.8) is 0 Å². The number of hydrogen-bond acceptors (Lipinski definition) is 5. The summed E-state index contributed by atoms with van der Waals surface area (Å²) in [7, 11) is 1.67. The lowest BCUT2D eigenvalue weighted by atomic mass is 10.2. The number of nitrogens with one attached hydrogen (secondary N) is 1. The molecule has 1 saturated heterocycles.